The zero-order chi connectivity index (χ0) is 15.7. The molecule has 1 saturated heterocycles. The summed E-state index contributed by atoms with van der Waals surface area (Å²) in [6.45, 7) is 0. The summed E-state index contributed by atoms with van der Waals surface area (Å²) in [5, 5.41) is 4.00. The zero-order valence-electron chi connectivity index (χ0n) is 10.9. The number of amides is 4. The highest BCUT2D eigenvalue weighted by Gasteiger charge is 2.36. The number of nitrogens with one attached hydrogen (secondary N) is 1. The van der Waals surface area contributed by atoms with E-state index in [0.717, 1.165) is 14.2 Å². The second-order valence-corrected chi connectivity index (χ2v) is 6.19. The molecule has 1 N–H and O–H groups in total. The largest absolute Gasteiger partial charge is 0.335 e. The summed E-state index contributed by atoms with van der Waals surface area (Å²) in [4.78, 5) is 41.9. The number of pyridine rings is 1. The van der Waals surface area contributed by atoms with Gasteiger partial charge in [-0.25, -0.2) is 9.69 Å². The van der Waals surface area contributed by atoms with Crippen molar-refractivity contribution in [1.29, 1.82) is 0 Å². The summed E-state index contributed by atoms with van der Waals surface area (Å²) in [5.41, 5.74) is 0.258. The van der Waals surface area contributed by atoms with Crippen molar-refractivity contribution in [3.8, 4) is 0 Å². The number of barbiturate groups is 1. The zero-order valence-corrected chi connectivity index (χ0v) is 13.3. The van der Waals surface area contributed by atoms with E-state index in [1.165, 1.54) is 41.9 Å². The van der Waals surface area contributed by atoms with Crippen LogP contribution in [0.2, 0.25) is 0 Å². The van der Waals surface area contributed by atoms with Gasteiger partial charge in [0.25, 0.3) is 11.8 Å². The number of urea groups is 1. The second-order valence-electron chi connectivity index (χ2n) is 4.33. The van der Waals surface area contributed by atoms with E-state index in [1.54, 1.807) is 6.07 Å². The van der Waals surface area contributed by atoms with E-state index in [1.807, 2.05) is 5.38 Å². The van der Waals surface area contributed by atoms with Gasteiger partial charge in [0, 0.05) is 27.1 Å². The summed E-state index contributed by atoms with van der Waals surface area (Å²) in [5.74, 6) is -1.37. The fourth-order valence-corrected chi connectivity index (χ4v) is 3.31. The van der Waals surface area contributed by atoms with Gasteiger partial charge in [-0.05, 0) is 40.2 Å². The number of carbonyl (C=O) groups is 3. The van der Waals surface area contributed by atoms with Crippen molar-refractivity contribution >= 4 is 56.9 Å². The Bertz CT molecular complexity index is 801. The van der Waals surface area contributed by atoms with E-state index in [2.05, 4.69) is 26.2 Å². The lowest BCUT2D eigenvalue weighted by molar-refractivity contribution is -0.122. The summed E-state index contributed by atoms with van der Waals surface area (Å²) in [7, 11) is 0. The SMILES string of the molecule is O=C1NC(=O)N(c2ccncc2)C(=O)/C1=C/c1cc(Br)cs1. The lowest BCUT2D eigenvalue weighted by atomic mass is 10.1. The lowest BCUT2D eigenvalue weighted by Gasteiger charge is -2.26. The molecule has 0 aliphatic carbocycles. The molecule has 8 heteroatoms. The highest BCUT2D eigenvalue weighted by molar-refractivity contribution is 9.10. The predicted octanol–water partition coefficient (Wildman–Crippen LogP) is 2.57. The summed E-state index contributed by atoms with van der Waals surface area (Å²) in [6, 6.07) is 4.05. The van der Waals surface area contributed by atoms with Crippen LogP contribution in [0.25, 0.3) is 6.08 Å². The quantitative estimate of drug-likeness (QED) is 0.644. The van der Waals surface area contributed by atoms with Crippen LogP contribution in [0.3, 0.4) is 0 Å². The Balaban J connectivity index is 2.01. The van der Waals surface area contributed by atoms with E-state index in [-0.39, 0.29) is 5.57 Å². The van der Waals surface area contributed by atoms with Gasteiger partial charge in [-0.2, -0.15) is 0 Å². The second kappa shape index (κ2) is 5.82. The van der Waals surface area contributed by atoms with Gasteiger partial charge in [-0.1, -0.05) is 0 Å². The number of thiophene rings is 1. The summed E-state index contributed by atoms with van der Waals surface area (Å²) >= 11 is 4.69. The molecule has 0 radical (unpaired) electrons. The maximum absolute atomic E-state index is 12.5. The highest BCUT2D eigenvalue weighted by Crippen LogP contribution is 2.25. The number of hydrogen-bond acceptors (Lipinski definition) is 5. The number of nitrogens with zero attached hydrogens (tertiary/aromatic N) is 2. The first-order chi connectivity index (χ1) is 10.6. The lowest BCUT2D eigenvalue weighted by Crippen LogP contribution is -2.54. The molecule has 110 valence electrons. The monoisotopic (exact) mass is 377 g/mol. The van der Waals surface area contributed by atoms with Gasteiger partial charge >= 0.3 is 6.03 Å². The van der Waals surface area contributed by atoms with Gasteiger partial charge in [0.15, 0.2) is 0 Å². The molecular weight excluding hydrogens is 370 g/mol. The van der Waals surface area contributed by atoms with Crippen LogP contribution in [0.5, 0.6) is 0 Å². The molecule has 6 nitrogen and oxygen atoms in total. The Labute approximate surface area is 137 Å². The minimum atomic E-state index is -0.772. The molecule has 0 saturated carbocycles. The minimum absolute atomic E-state index is 0.0919. The van der Waals surface area contributed by atoms with Gasteiger partial charge < -0.3 is 0 Å². The van der Waals surface area contributed by atoms with Crippen LogP contribution >= 0.6 is 27.3 Å². The fourth-order valence-electron chi connectivity index (χ4n) is 1.93. The number of carbonyl (C=O) groups excluding carboxylic acids is 3. The number of aromatic nitrogens is 1. The van der Waals surface area contributed by atoms with Crippen LogP contribution < -0.4 is 10.2 Å². The molecule has 0 aromatic carbocycles. The predicted molar refractivity (Wildman–Crippen MR) is 85.3 cm³/mol. The summed E-state index contributed by atoms with van der Waals surface area (Å²) in [6.07, 6.45) is 4.39. The normalized spacial score (nSPS) is 17.0. The molecule has 0 unspecified atom stereocenters. The highest BCUT2D eigenvalue weighted by atomic mass is 79.9. The van der Waals surface area contributed by atoms with Crippen LogP contribution in [-0.4, -0.2) is 22.8 Å². The van der Waals surface area contributed by atoms with Crippen LogP contribution in [0, 0.1) is 0 Å². The van der Waals surface area contributed by atoms with Gasteiger partial charge in [-0.3, -0.25) is 19.9 Å². The van der Waals surface area contributed by atoms with E-state index < -0.39 is 17.8 Å². The molecule has 22 heavy (non-hydrogen) atoms. The molecule has 1 fully saturated rings. The number of hydrogen-bond donors (Lipinski definition) is 1. The maximum atomic E-state index is 12.5. The molecular formula is C14H8BrN3O3S. The van der Waals surface area contributed by atoms with Crippen LogP contribution in [0.1, 0.15) is 4.88 Å². The van der Waals surface area contributed by atoms with Crippen LogP contribution in [0.15, 0.2) is 46.0 Å². The number of imide groups is 2. The maximum Gasteiger partial charge on any atom is 0.335 e. The van der Waals surface area contributed by atoms with Crippen molar-refractivity contribution in [2.45, 2.75) is 0 Å². The average Bonchev–Trinajstić information content (AvgIpc) is 2.90. The van der Waals surface area contributed by atoms with Crippen molar-refractivity contribution < 1.29 is 14.4 Å². The third-order valence-electron chi connectivity index (χ3n) is 2.90. The molecule has 2 aromatic rings. The van der Waals surface area contributed by atoms with Crippen molar-refractivity contribution in [1.82, 2.24) is 10.3 Å². The molecule has 4 amide bonds. The minimum Gasteiger partial charge on any atom is -0.273 e. The molecule has 1 aliphatic heterocycles. The summed E-state index contributed by atoms with van der Waals surface area (Å²) < 4.78 is 0.857. The molecule has 3 rings (SSSR count). The van der Waals surface area contributed by atoms with E-state index in [0.29, 0.717) is 5.69 Å². The van der Waals surface area contributed by atoms with Gasteiger partial charge in [0.05, 0.1) is 5.69 Å². The third kappa shape index (κ3) is 2.70. The molecule has 0 atom stereocenters. The topological polar surface area (TPSA) is 79.4 Å². The van der Waals surface area contributed by atoms with E-state index in [4.69, 9.17) is 0 Å². The third-order valence-corrected chi connectivity index (χ3v) is 4.54. The van der Waals surface area contributed by atoms with Gasteiger partial charge in [-0.15, -0.1) is 11.3 Å². The number of anilines is 1. The first-order valence-corrected chi connectivity index (χ1v) is 7.79. The molecule has 0 bridgehead atoms. The van der Waals surface area contributed by atoms with Gasteiger partial charge in [0.2, 0.25) is 0 Å². The first-order valence-electron chi connectivity index (χ1n) is 6.12. The standard InChI is InChI=1S/C14H8BrN3O3S/c15-8-5-10(22-7-8)6-11-12(19)17-14(21)18(13(11)20)9-1-3-16-4-2-9/h1-7H,(H,17,19,21)/b11-6+. The average molecular weight is 378 g/mol. The van der Waals surface area contributed by atoms with Crippen molar-refractivity contribution in [3.63, 3.8) is 0 Å². The Morgan fingerprint density at radius 3 is 2.59 bits per heavy atom. The molecule has 2 aromatic heterocycles. The van der Waals surface area contributed by atoms with Crippen LogP contribution in [0.4, 0.5) is 10.5 Å². The van der Waals surface area contributed by atoms with Crippen LogP contribution in [-0.2, 0) is 9.59 Å². The van der Waals surface area contributed by atoms with E-state index >= 15 is 0 Å². The van der Waals surface area contributed by atoms with Crippen molar-refractivity contribution in [2.24, 2.45) is 0 Å². The Morgan fingerprint density at radius 2 is 1.95 bits per heavy atom. The Hall–Kier alpha value is -2.32. The number of rotatable bonds is 2. The smallest absolute Gasteiger partial charge is 0.273 e. The van der Waals surface area contributed by atoms with Crippen molar-refractivity contribution in [2.75, 3.05) is 4.90 Å². The Morgan fingerprint density at radius 1 is 1.23 bits per heavy atom. The molecule has 3 heterocycles. The fraction of sp³-hybridized carbons (Fsp3) is 0. The first kappa shape index (κ1) is 14.6. The number of halogens is 1. The molecule has 0 spiro atoms. The van der Waals surface area contributed by atoms with Crippen molar-refractivity contribution in [3.05, 3.63) is 50.9 Å². The van der Waals surface area contributed by atoms with E-state index in [9.17, 15) is 14.4 Å². The van der Waals surface area contributed by atoms with Gasteiger partial charge in [0.1, 0.15) is 5.57 Å². The molecule has 1 aliphatic rings. The Kier molecular flexibility index (Phi) is 3.86.